The molecule has 4 heteroatoms. The van der Waals surface area contributed by atoms with Crippen LogP contribution in [0.2, 0.25) is 0 Å². The van der Waals surface area contributed by atoms with Gasteiger partial charge < -0.3 is 15.3 Å². The second-order valence-electron chi connectivity index (χ2n) is 13.9. The van der Waals surface area contributed by atoms with Crippen molar-refractivity contribution >= 4 is 5.97 Å². The van der Waals surface area contributed by atoms with Crippen molar-refractivity contribution in [1.82, 2.24) is 0 Å². The van der Waals surface area contributed by atoms with Gasteiger partial charge in [-0.25, -0.2) is 0 Å². The van der Waals surface area contributed by atoms with Crippen LogP contribution in [-0.2, 0) is 4.79 Å². The second kappa shape index (κ2) is 9.63. The summed E-state index contributed by atoms with van der Waals surface area (Å²) in [6.07, 6.45) is 6.48. The van der Waals surface area contributed by atoms with E-state index in [9.17, 15) is 20.1 Å². The minimum absolute atomic E-state index is 0.0114. The van der Waals surface area contributed by atoms with Crippen LogP contribution in [0.5, 0.6) is 0 Å². The number of allylic oxidation sites excluding steroid dienone is 2. The van der Waals surface area contributed by atoms with E-state index in [1.807, 2.05) is 6.92 Å². The average molecular weight is 489 g/mol. The summed E-state index contributed by atoms with van der Waals surface area (Å²) in [4.78, 5) is 11.6. The number of carboxylic acids is 1. The SMILES string of the molecule is C=C(CCC(C)(O)C1CCC2(C)C1C(O)CC1C(C)(CCC(=O)O)C(C(=C)C)CCC12C)C(C)C. The molecule has 3 fully saturated rings. The highest BCUT2D eigenvalue weighted by atomic mass is 16.4. The summed E-state index contributed by atoms with van der Waals surface area (Å²) in [7, 11) is 0. The Hall–Kier alpha value is -1.13. The maximum atomic E-state index is 11.8. The summed E-state index contributed by atoms with van der Waals surface area (Å²) in [5, 5.41) is 33.0. The number of aliphatic hydroxyl groups is 2. The zero-order chi connectivity index (χ0) is 26.6. The molecule has 0 spiro atoms. The highest BCUT2D eigenvalue weighted by molar-refractivity contribution is 5.66. The largest absolute Gasteiger partial charge is 0.481 e. The third-order valence-corrected chi connectivity index (χ3v) is 11.7. The van der Waals surface area contributed by atoms with Crippen LogP contribution in [0.25, 0.3) is 0 Å². The molecule has 0 aromatic heterocycles. The molecular weight excluding hydrogens is 436 g/mol. The molecule has 0 bridgehead atoms. The standard InChI is InChI=1S/C31H52O4/c1-19(2)21(5)10-17-31(9,35)23-12-16-30(8)27(23)24(32)18-25-28(6,14-13-26(33)34)22(20(3)4)11-15-29(25,30)7/h19,22-25,27,32,35H,3,5,10-18H2,1-2,4,6-9H3,(H,33,34). The quantitative estimate of drug-likeness (QED) is 0.305. The Morgan fingerprint density at radius 1 is 1.09 bits per heavy atom. The molecule has 0 heterocycles. The lowest BCUT2D eigenvalue weighted by Gasteiger charge is -2.67. The third-order valence-electron chi connectivity index (χ3n) is 11.7. The predicted molar refractivity (Wildman–Crippen MR) is 143 cm³/mol. The predicted octanol–water partition coefficient (Wildman–Crippen LogP) is 7.01. The molecule has 3 aliphatic carbocycles. The Balaban J connectivity index is 1.96. The number of aliphatic hydroxyl groups excluding tert-OH is 1. The van der Waals surface area contributed by atoms with E-state index < -0.39 is 17.7 Å². The van der Waals surface area contributed by atoms with E-state index >= 15 is 0 Å². The van der Waals surface area contributed by atoms with Gasteiger partial charge in [0.1, 0.15) is 0 Å². The minimum atomic E-state index is -0.841. The molecule has 200 valence electrons. The van der Waals surface area contributed by atoms with Gasteiger partial charge in [-0.3, -0.25) is 4.79 Å². The number of rotatable bonds is 9. The van der Waals surface area contributed by atoms with E-state index in [0.717, 1.165) is 37.7 Å². The molecule has 0 amide bonds. The lowest BCUT2D eigenvalue weighted by atomic mass is 9.37. The Bertz CT molecular complexity index is 843. The number of aliphatic carboxylic acids is 1. The van der Waals surface area contributed by atoms with Crippen molar-refractivity contribution in [2.45, 2.75) is 118 Å². The molecule has 0 aromatic rings. The summed E-state index contributed by atoms with van der Waals surface area (Å²) in [6, 6.07) is 0. The molecule has 3 aliphatic rings. The number of carboxylic acid groups (broad SMARTS) is 1. The van der Waals surface area contributed by atoms with Crippen molar-refractivity contribution in [2.24, 2.45) is 45.8 Å². The zero-order valence-corrected chi connectivity index (χ0v) is 23.5. The fraction of sp³-hybridized carbons (Fsp3) is 0.839. The molecule has 3 N–H and O–H groups in total. The van der Waals surface area contributed by atoms with Gasteiger partial charge in [0.25, 0.3) is 0 Å². The first-order valence-corrected chi connectivity index (χ1v) is 14.0. The van der Waals surface area contributed by atoms with E-state index in [1.54, 1.807) is 0 Å². The van der Waals surface area contributed by atoms with Gasteiger partial charge >= 0.3 is 5.97 Å². The van der Waals surface area contributed by atoms with Gasteiger partial charge in [-0.05, 0) is 111 Å². The summed E-state index contributed by atoms with van der Waals surface area (Å²) in [6.45, 7) is 24.0. The van der Waals surface area contributed by atoms with Crippen LogP contribution in [0.4, 0.5) is 0 Å². The van der Waals surface area contributed by atoms with E-state index in [0.29, 0.717) is 25.2 Å². The first kappa shape index (κ1) is 28.4. The van der Waals surface area contributed by atoms with Crippen LogP contribution in [0.15, 0.2) is 24.3 Å². The van der Waals surface area contributed by atoms with E-state index in [2.05, 4.69) is 54.7 Å². The number of carbonyl (C=O) groups is 1. The van der Waals surface area contributed by atoms with Crippen LogP contribution in [-0.4, -0.2) is 33.0 Å². The molecule has 35 heavy (non-hydrogen) atoms. The van der Waals surface area contributed by atoms with Crippen LogP contribution < -0.4 is 0 Å². The maximum absolute atomic E-state index is 11.8. The molecule has 3 rings (SSSR count). The van der Waals surface area contributed by atoms with E-state index in [1.165, 1.54) is 5.57 Å². The van der Waals surface area contributed by atoms with Crippen molar-refractivity contribution in [3.05, 3.63) is 24.3 Å². The topological polar surface area (TPSA) is 77.8 Å². The smallest absolute Gasteiger partial charge is 0.303 e. The molecule has 4 nitrogen and oxygen atoms in total. The molecule has 9 unspecified atom stereocenters. The van der Waals surface area contributed by atoms with Crippen LogP contribution >= 0.6 is 0 Å². The highest BCUT2D eigenvalue weighted by Crippen LogP contribution is 2.74. The van der Waals surface area contributed by atoms with Crippen LogP contribution in [0.1, 0.15) is 106 Å². The van der Waals surface area contributed by atoms with Crippen molar-refractivity contribution in [3.63, 3.8) is 0 Å². The van der Waals surface area contributed by atoms with Crippen molar-refractivity contribution in [2.75, 3.05) is 0 Å². The normalized spacial score (nSPS) is 42.7. The molecule has 3 saturated carbocycles. The molecule has 0 radical (unpaired) electrons. The van der Waals surface area contributed by atoms with E-state index in [4.69, 9.17) is 0 Å². The molecule has 0 aliphatic heterocycles. The maximum Gasteiger partial charge on any atom is 0.303 e. The van der Waals surface area contributed by atoms with Gasteiger partial charge in [-0.1, -0.05) is 58.9 Å². The Kier molecular flexibility index (Phi) is 7.83. The fourth-order valence-corrected chi connectivity index (χ4v) is 9.24. The average Bonchev–Trinajstić information content (AvgIpc) is 3.13. The van der Waals surface area contributed by atoms with Crippen molar-refractivity contribution < 1.29 is 20.1 Å². The van der Waals surface area contributed by atoms with Gasteiger partial charge in [0, 0.05) is 6.42 Å². The second-order valence-corrected chi connectivity index (χ2v) is 13.9. The molecule has 0 aromatic carbocycles. The highest BCUT2D eigenvalue weighted by Gasteiger charge is 2.69. The zero-order valence-electron chi connectivity index (χ0n) is 23.5. The lowest BCUT2D eigenvalue weighted by molar-refractivity contribution is -0.213. The van der Waals surface area contributed by atoms with Crippen molar-refractivity contribution in [3.8, 4) is 0 Å². The third kappa shape index (κ3) is 4.67. The number of fused-ring (bicyclic) bond motifs is 3. The Morgan fingerprint density at radius 2 is 1.69 bits per heavy atom. The Labute approximate surface area is 214 Å². The number of hydrogen-bond acceptors (Lipinski definition) is 3. The molecular formula is C31H52O4. The fourth-order valence-electron chi connectivity index (χ4n) is 9.24. The van der Waals surface area contributed by atoms with Gasteiger partial charge in [-0.15, -0.1) is 0 Å². The first-order valence-electron chi connectivity index (χ1n) is 14.0. The monoisotopic (exact) mass is 488 g/mol. The molecule has 0 saturated heterocycles. The van der Waals surface area contributed by atoms with E-state index in [-0.39, 0.29) is 46.3 Å². The lowest BCUT2D eigenvalue weighted by Crippen LogP contribution is -2.63. The van der Waals surface area contributed by atoms with Gasteiger partial charge in [0.2, 0.25) is 0 Å². The van der Waals surface area contributed by atoms with Gasteiger partial charge in [0.15, 0.2) is 0 Å². The number of hydrogen-bond donors (Lipinski definition) is 3. The Morgan fingerprint density at radius 3 is 2.23 bits per heavy atom. The van der Waals surface area contributed by atoms with Crippen LogP contribution in [0.3, 0.4) is 0 Å². The van der Waals surface area contributed by atoms with Gasteiger partial charge in [-0.2, -0.15) is 0 Å². The van der Waals surface area contributed by atoms with Crippen LogP contribution in [0, 0.1) is 45.8 Å². The summed E-state index contributed by atoms with van der Waals surface area (Å²) in [5.41, 5.74) is 1.16. The summed E-state index contributed by atoms with van der Waals surface area (Å²) >= 11 is 0. The molecule has 9 atom stereocenters. The first-order chi connectivity index (χ1) is 16.0. The minimum Gasteiger partial charge on any atom is -0.481 e. The van der Waals surface area contributed by atoms with Crippen molar-refractivity contribution in [1.29, 1.82) is 0 Å². The summed E-state index contributed by atoms with van der Waals surface area (Å²) in [5.74, 6) is 0.270. The van der Waals surface area contributed by atoms with Gasteiger partial charge in [0.05, 0.1) is 11.7 Å². The summed E-state index contributed by atoms with van der Waals surface area (Å²) < 4.78 is 0.